The number of alkyl halides is 2. The fourth-order valence-electron chi connectivity index (χ4n) is 3.14. The number of aromatic nitrogens is 1. The summed E-state index contributed by atoms with van der Waals surface area (Å²) in [5.74, 6) is -5.19. The van der Waals surface area contributed by atoms with Gasteiger partial charge in [-0.1, -0.05) is 6.92 Å². The van der Waals surface area contributed by atoms with Crippen molar-refractivity contribution in [3.8, 4) is 0 Å². The monoisotopic (exact) mass is 338 g/mol. The molecule has 0 amide bonds. The van der Waals surface area contributed by atoms with Gasteiger partial charge in [0, 0.05) is 30.8 Å². The van der Waals surface area contributed by atoms with E-state index in [0.29, 0.717) is 16.5 Å². The van der Waals surface area contributed by atoms with Crippen LogP contribution in [0, 0.1) is 18.7 Å². The molecule has 7 heteroatoms. The van der Waals surface area contributed by atoms with Crippen LogP contribution in [-0.2, 0) is 0 Å². The van der Waals surface area contributed by atoms with Crippen molar-refractivity contribution in [2.24, 2.45) is 5.92 Å². The number of aromatic carboxylic acids is 1. The molecule has 1 aromatic heterocycles. The van der Waals surface area contributed by atoms with E-state index in [9.17, 15) is 23.1 Å². The Hall–Kier alpha value is -2.31. The molecule has 1 saturated heterocycles. The summed E-state index contributed by atoms with van der Waals surface area (Å²) in [5, 5.41) is 9.97. The fourth-order valence-corrected chi connectivity index (χ4v) is 3.14. The van der Waals surface area contributed by atoms with Crippen molar-refractivity contribution < 1.29 is 23.1 Å². The van der Waals surface area contributed by atoms with Crippen LogP contribution >= 0.6 is 0 Å². The number of fused-ring (bicyclic) bond motifs is 1. The van der Waals surface area contributed by atoms with Gasteiger partial charge in [0.2, 0.25) is 0 Å². The van der Waals surface area contributed by atoms with E-state index >= 15 is 0 Å². The molecule has 4 nitrogen and oxygen atoms in total. The van der Waals surface area contributed by atoms with E-state index in [2.05, 4.69) is 4.98 Å². The Morgan fingerprint density at radius 1 is 1.42 bits per heavy atom. The van der Waals surface area contributed by atoms with Gasteiger partial charge in [0.15, 0.2) is 0 Å². The molecule has 0 bridgehead atoms. The van der Waals surface area contributed by atoms with Gasteiger partial charge in [0.25, 0.3) is 5.92 Å². The van der Waals surface area contributed by atoms with Crippen LogP contribution in [0.3, 0.4) is 0 Å². The molecule has 2 heterocycles. The van der Waals surface area contributed by atoms with E-state index in [1.807, 2.05) is 0 Å². The Balaban J connectivity index is 2.15. The van der Waals surface area contributed by atoms with Gasteiger partial charge in [0.05, 0.1) is 5.52 Å². The molecule has 1 fully saturated rings. The van der Waals surface area contributed by atoms with E-state index in [4.69, 9.17) is 0 Å². The summed E-state index contributed by atoms with van der Waals surface area (Å²) in [6.45, 7) is 3.07. The summed E-state index contributed by atoms with van der Waals surface area (Å²) in [6.07, 6.45) is -0.352. The Morgan fingerprint density at radius 2 is 2.12 bits per heavy atom. The summed E-state index contributed by atoms with van der Waals surface area (Å²) in [5.41, 5.74) is 0.761. The maximum Gasteiger partial charge on any atom is 0.339 e. The lowest BCUT2D eigenvalue weighted by Crippen LogP contribution is -2.46. The highest BCUT2D eigenvalue weighted by Crippen LogP contribution is 2.37. The van der Waals surface area contributed by atoms with E-state index in [-0.39, 0.29) is 30.9 Å². The number of rotatable bonds is 2. The Bertz CT molecular complexity index is 823. The van der Waals surface area contributed by atoms with Gasteiger partial charge in [-0.05, 0) is 30.7 Å². The highest BCUT2D eigenvalue weighted by atomic mass is 19.3. The number of hydrogen-bond acceptors (Lipinski definition) is 3. The third-order valence-electron chi connectivity index (χ3n) is 4.63. The maximum absolute atomic E-state index is 13.7. The molecule has 1 unspecified atom stereocenters. The molecule has 128 valence electrons. The molecule has 1 aromatic carbocycles. The van der Waals surface area contributed by atoms with Crippen LogP contribution in [0.2, 0.25) is 0 Å². The summed E-state index contributed by atoms with van der Waals surface area (Å²) in [6, 6.07) is 3.95. The second kappa shape index (κ2) is 5.65. The zero-order valence-electron chi connectivity index (χ0n) is 13.3. The quantitative estimate of drug-likeness (QED) is 0.903. The summed E-state index contributed by atoms with van der Waals surface area (Å²) in [4.78, 5) is 17.6. The first kappa shape index (κ1) is 16.5. The zero-order valence-corrected chi connectivity index (χ0v) is 13.3. The van der Waals surface area contributed by atoms with Gasteiger partial charge >= 0.3 is 5.97 Å². The van der Waals surface area contributed by atoms with Crippen molar-refractivity contribution in [2.75, 3.05) is 18.0 Å². The molecular weight excluding hydrogens is 321 g/mol. The van der Waals surface area contributed by atoms with E-state index < -0.39 is 23.6 Å². The Kier molecular flexibility index (Phi) is 3.89. The van der Waals surface area contributed by atoms with Gasteiger partial charge in [-0.3, -0.25) is 0 Å². The smallest absolute Gasteiger partial charge is 0.339 e. The number of pyridine rings is 1. The minimum Gasteiger partial charge on any atom is -0.478 e. The van der Waals surface area contributed by atoms with Crippen LogP contribution in [0.5, 0.6) is 0 Å². The highest BCUT2D eigenvalue weighted by molar-refractivity contribution is 6.01. The molecule has 1 atom stereocenters. The average molecular weight is 338 g/mol. The minimum absolute atomic E-state index is 0.0203. The molecule has 0 aliphatic carbocycles. The third-order valence-corrected chi connectivity index (χ3v) is 4.63. The van der Waals surface area contributed by atoms with E-state index in [1.165, 1.54) is 25.1 Å². The van der Waals surface area contributed by atoms with Gasteiger partial charge in [-0.25, -0.2) is 22.9 Å². The standard InChI is InChI=1S/C17H17F3N2O2/c1-9-8-22(6-5-17(9,19)20)15-14(16(23)24)10(2)12-7-11(18)3-4-13(12)21-15/h3-4,7,9H,5-6,8H2,1-2H3,(H,23,24). The number of carbonyl (C=O) groups is 1. The van der Waals surface area contributed by atoms with Crippen molar-refractivity contribution in [3.63, 3.8) is 0 Å². The fraction of sp³-hybridized carbons (Fsp3) is 0.412. The molecule has 24 heavy (non-hydrogen) atoms. The zero-order chi connectivity index (χ0) is 17.6. The largest absolute Gasteiger partial charge is 0.478 e. The highest BCUT2D eigenvalue weighted by Gasteiger charge is 2.42. The van der Waals surface area contributed by atoms with Crippen LogP contribution in [0.15, 0.2) is 18.2 Å². The van der Waals surface area contributed by atoms with Crippen LogP contribution in [0.1, 0.15) is 29.3 Å². The predicted octanol–water partition coefficient (Wildman–Crippen LogP) is 3.86. The third kappa shape index (κ3) is 2.68. The predicted molar refractivity (Wildman–Crippen MR) is 84.3 cm³/mol. The number of carboxylic acid groups (broad SMARTS) is 1. The summed E-state index contributed by atoms with van der Waals surface area (Å²) in [7, 11) is 0. The molecule has 1 N–H and O–H groups in total. The van der Waals surface area contributed by atoms with Crippen molar-refractivity contribution in [1.29, 1.82) is 0 Å². The topological polar surface area (TPSA) is 53.4 Å². The Morgan fingerprint density at radius 3 is 2.75 bits per heavy atom. The number of piperidine rings is 1. The summed E-state index contributed by atoms with van der Waals surface area (Å²) < 4.78 is 40.9. The lowest BCUT2D eigenvalue weighted by molar-refractivity contribution is -0.0652. The molecular formula is C17H17F3N2O2. The molecule has 3 rings (SSSR count). The van der Waals surface area contributed by atoms with Crippen molar-refractivity contribution in [3.05, 3.63) is 35.1 Å². The first-order chi connectivity index (χ1) is 11.2. The van der Waals surface area contributed by atoms with Crippen molar-refractivity contribution in [2.45, 2.75) is 26.2 Å². The average Bonchev–Trinajstić information content (AvgIpc) is 2.50. The van der Waals surface area contributed by atoms with Crippen LogP contribution < -0.4 is 4.90 Å². The molecule has 1 aliphatic rings. The van der Waals surface area contributed by atoms with Gasteiger partial charge in [-0.15, -0.1) is 0 Å². The number of halogens is 3. The van der Waals surface area contributed by atoms with Gasteiger partial charge in [0.1, 0.15) is 17.2 Å². The lowest BCUT2D eigenvalue weighted by atomic mass is 9.94. The molecule has 0 radical (unpaired) electrons. The van der Waals surface area contributed by atoms with Crippen molar-refractivity contribution >= 4 is 22.7 Å². The molecule has 2 aromatic rings. The van der Waals surface area contributed by atoms with Crippen LogP contribution in [-0.4, -0.2) is 35.1 Å². The first-order valence-corrected chi connectivity index (χ1v) is 7.66. The molecule has 0 saturated carbocycles. The number of carboxylic acids is 1. The Labute approximate surface area is 136 Å². The van der Waals surface area contributed by atoms with Crippen molar-refractivity contribution in [1.82, 2.24) is 4.98 Å². The first-order valence-electron chi connectivity index (χ1n) is 7.66. The normalized spacial score (nSPS) is 20.4. The van der Waals surface area contributed by atoms with Gasteiger partial charge in [-0.2, -0.15) is 0 Å². The lowest BCUT2D eigenvalue weighted by Gasteiger charge is -2.38. The van der Waals surface area contributed by atoms with E-state index in [1.54, 1.807) is 11.8 Å². The van der Waals surface area contributed by atoms with E-state index in [0.717, 1.165) is 0 Å². The number of hydrogen-bond donors (Lipinski definition) is 1. The molecule has 0 spiro atoms. The number of benzene rings is 1. The number of aryl methyl sites for hydroxylation is 1. The summed E-state index contributed by atoms with van der Waals surface area (Å²) >= 11 is 0. The number of nitrogens with zero attached hydrogens (tertiary/aromatic N) is 2. The van der Waals surface area contributed by atoms with Crippen LogP contribution in [0.4, 0.5) is 19.0 Å². The minimum atomic E-state index is -2.77. The van der Waals surface area contributed by atoms with Gasteiger partial charge < -0.3 is 10.0 Å². The maximum atomic E-state index is 13.7. The second-order valence-electron chi connectivity index (χ2n) is 6.26. The van der Waals surface area contributed by atoms with Crippen LogP contribution in [0.25, 0.3) is 10.9 Å². The molecule has 1 aliphatic heterocycles. The second-order valence-corrected chi connectivity index (χ2v) is 6.26. The SMILES string of the molecule is Cc1c(C(=O)O)c(N2CCC(F)(F)C(C)C2)nc2ccc(F)cc12. The number of anilines is 1.